The Balaban J connectivity index is 1.84. The fourth-order valence-corrected chi connectivity index (χ4v) is 2.52. The average molecular weight is 381 g/mol. The van der Waals surface area contributed by atoms with Gasteiger partial charge < -0.3 is 10.6 Å². The van der Waals surface area contributed by atoms with Crippen LogP contribution in [-0.4, -0.2) is 15.2 Å². The lowest BCUT2D eigenvalue weighted by molar-refractivity contribution is 0.982. The Morgan fingerprint density at radius 2 is 1.79 bits per heavy atom. The summed E-state index contributed by atoms with van der Waals surface area (Å²) in [6.07, 6.45) is 1.49. The summed E-state index contributed by atoms with van der Waals surface area (Å²) in [7, 11) is 0. The van der Waals surface area contributed by atoms with Crippen LogP contribution in [0.1, 0.15) is 5.56 Å². The number of rotatable bonds is 4. The molecule has 8 heteroatoms. The second-order valence-corrected chi connectivity index (χ2v) is 6.20. The van der Waals surface area contributed by atoms with Gasteiger partial charge in [-0.15, -0.1) is 5.10 Å². The molecule has 0 bridgehead atoms. The minimum absolute atomic E-state index is 0.337. The van der Waals surface area contributed by atoms with Crippen molar-refractivity contribution in [1.29, 1.82) is 0 Å². The van der Waals surface area contributed by atoms with Crippen LogP contribution in [0, 0.1) is 6.92 Å². The molecule has 3 rings (SSSR count). The van der Waals surface area contributed by atoms with Gasteiger partial charge in [0, 0.05) is 10.7 Å². The van der Waals surface area contributed by atoms with Crippen molar-refractivity contribution in [3.05, 3.63) is 63.2 Å². The summed E-state index contributed by atoms with van der Waals surface area (Å²) in [5.74, 6) is 0.819. The van der Waals surface area contributed by atoms with Crippen LogP contribution in [0.3, 0.4) is 0 Å². The molecule has 0 radical (unpaired) electrons. The van der Waals surface area contributed by atoms with Gasteiger partial charge in [-0.3, -0.25) is 0 Å². The summed E-state index contributed by atoms with van der Waals surface area (Å²) in [6.45, 7) is 1.96. The molecule has 2 N–H and O–H groups in total. The van der Waals surface area contributed by atoms with Gasteiger partial charge >= 0.3 is 0 Å². The van der Waals surface area contributed by atoms with Crippen molar-refractivity contribution >= 4 is 57.9 Å². The first kappa shape index (κ1) is 16.8. The average Bonchev–Trinajstić information content (AvgIpc) is 2.56. The number of aromatic nitrogens is 3. The van der Waals surface area contributed by atoms with Crippen LogP contribution in [-0.2, 0) is 0 Å². The maximum Gasteiger partial charge on any atom is 0.249 e. The van der Waals surface area contributed by atoms with Crippen molar-refractivity contribution in [2.24, 2.45) is 0 Å². The van der Waals surface area contributed by atoms with Gasteiger partial charge in [0.2, 0.25) is 5.95 Å². The zero-order valence-electron chi connectivity index (χ0n) is 12.5. The fourth-order valence-electron chi connectivity index (χ4n) is 2.00. The molecule has 0 amide bonds. The van der Waals surface area contributed by atoms with E-state index in [0.29, 0.717) is 32.5 Å². The summed E-state index contributed by atoms with van der Waals surface area (Å²) < 4.78 is 0. The largest absolute Gasteiger partial charge is 0.338 e. The van der Waals surface area contributed by atoms with Gasteiger partial charge in [-0.1, -0.05) is 46.9 Å². The molecule has 0 aliphatic carbocycles. The normalized spacial score (nSPS) is 10.5. The van der Waals surface area contributed by atoms with Gasteiger partial charge in [0.05, 0.1) is 21.9 Å². The summed E-state index contributed by atoms with van der Waals surface area (Å²) in [6, 6.07) is 10.8. The monoisotopic (exact) mass is 379 g/mol. The number of hydrogen-bond donors (Lipinski definition) is 2. The third-order valence-electron chi connectivity index (χ3n) is 3.22. The highest BCUT2D eigenvalue weighted by Gasteiger charge is 2.08. The molecule has 0 aliphatic rings. The van der Waals surface area contributed by atoms with Gasteiger partial charge in [-0.25, -0.2) is 0 Å². The van der Waals surface area contributed by atoms with Crippen molar-refractivity contribution < 1.29 is 0 Å². The van der Waals surface area contributed by atoms with Gasteiger partial charge in [0.25, 0.3) is 0 Å². The number of aryl methyl sites for hydroxylation is 1. The molecule has 1 heterocycles. The maximum absolute atomic E-state index is 6.16. The Hall–Kier alpha value is -2.08. The Morgan fingerprint density at radius 1 is 0.958 bits per heavy atom. The Kier molecular flexibility index (Phi) is 5.04. The molecule has 1 aromatic heterocycles. The van der Waals surface area contributed by atoms with Crippen molar-refractivity contribution in [2.45, 2.75) is 6.92 Å². The van der Waals surface area contributed by atoms with E-state index in [1.165, 1.54) is 6.20 Å². The van der Waals surface area contributed by atoms with E-state index in [1.807, 2.05) is 19.1 Å². The summed E-state index contributed by atoms with van der Waals surface area (Å²) in [4.78, 5) is 4.36. The second kappa shape index (κ2) is 7.21. The molecule has 0 saturated heterocycles. The number of nitrogens with zero attached hydrogens (tertiary/aromatic N) is 3. The van der Waals surface area contributed by atoms with Crippen molar-refractivity contribution in [3.63, 3.8) is 0 Å². The summed E-state index contributed by atoms with van der Waals surface area (Å²) in [5, 5.41) is 15.6. The lowest BCUT2D eigenvalue weighted by atomic mass is 10.2. The van der Waals surface area contributed by atoms with Crippen molar-refractivity contribution in [3.8, 4) is 0 Å². The molecule has 0 unspecified atom stereocenters. The molecular formula is C16H12Cl3N5. The quantitative estimate of drug-likeness (QED) is 0.614. The molecule has 5 nitrogen and oxygen atoms in total. The van der Waals surface area contributed by atoms with E-state index in [4.69, 9.17) is 34.8 Å². The molecular weight excluding hydrogens is 369 g/mol. The molecule has 0 atom stereocenters. The lowest BCUT2D eigenvalue weighted by Gasteiger charge is -2.11. The Morgan fingerprint density at radius 3 is 2.62 bits per heavy atom. The van der Waals surface area contributed by atoms with Crippen molar-refractivity contribution in [1.82, 2.24) is 15.2 Å². The van der Waals surface area contributed by atoms with Gasteiger partial charge in [0.15, 0.2) is 5.82 Å². The standard InChI is InChI=1S/C16H12Cl3N5/c1-9-5-6-10(17)7-13(9)22-16-23-14(8-20-24-16)21-12-4-2-3-11(18)15(12)19/h2-8H,1H3,(H2,21,22,23,24). The van der Waals surface area contributed by atoms with E-state index in [9.17, 15) is 0 Å². The lowest BCUT2D eigenvalue weighted by Crippen LogP contribution is -2.03. The highest BCUT2D eigenvalue weighted by atomic mass is 35.5. The highest BCUT2D eigenvalue weighted by Crippen LogP contribution is 2.31. The number of benzene rings is 2. The molecule has 0 aliphatic heterocycles. The molecule has 24 heavy (non-hydrogen) atoms. The van der Waals surface area contributed by atoms with Crippen LogP contribution < -0.4 is 10.6 Å². The highest BCUT2D eigenvalue weighted by molar-refractivity contribution is 6.43. The van der Waals surface area contributed by atoms with Gasteiger partial charge in [-0.2, -0.15) is 10.1 Å². The molecule has 2 aromatic carbocycles. The number of hydrogen-bond acceptors (Lipinski definition) is 5. The first-order chi connectivity index (χ1) is 11.5. The maximum atomic E-state index is 6.16. The van der Waals surface area contributed by atoms with E-state index < -0.39 is 0 Å². The van der Waals surface area contributed by atoms with Crippen molar-refractivity contribution in [2.75, 3.05) is 10.6 Å². The Labute approximate surface area is 154 Å². The minimum Gasteiger partial charge on any atom is -0.338 e. The van der Waals surface area contributed by atoms with E-state index in [2.05, 4.69) is 25.8 Å². The Bertz CT molecular complexity index is 866. The van der Waals surface area contributed by atoms with Crippen LogP contribution >= 0.6 is 34.8 Å². The summed E-state index contributed by atoms with van der Waals surface area (Å²) >= 11 is 18.2. The predicted molar refractivity (Wildman–Crippen MR) is 99.0 cm³/mol. The zero-order chi connectivity index (χ0) is 17.1. The first-order valence-electron chi connectivity index (χ1n) is 6.97. The van der Waals surface area contributed by atoms with Gasteiger partial charge in [0.1, 0.15) is 0 Å². The van der Waals surface area contributed by atoms with Crippen LogP contribution in [0.15, 0.2) is 42.6 Å². The smallest absolute Gasteiger partial charge is 0.249 e. The van der Waals surface area contributed by atoms with Crippen LogP contribution in [0.25, 0.3) is 0 Å². The number of halogens is 3. The van der Waals surface area contributed by atoms with E-state index in [-0.39, 0.29) is 0 Å². The predicted octanol–water partition coefficient (Wildman–Crippen LogP) is 5.63. The van der Waals surface area contributed by atoms with E-state index >= 15 is 0 Å². The molecule has 3 aromatic rings. The first-order valence-corrected chi connectivity index (χ1v) is 8.10. The topological polar surface area (TPSA) is 62.7 Å². The van der Waals surface area contributed by atoms with E-state index in [1.54, 1.807) is 24.3 Å². The molecule has 0 fully saturated rings. The number of anilines is 4. The third-order valence-corrected chi connectivity index (χ3v) is 4.27. The zero-order valence-corrected chi connectivity index (χ0v) is 14.8. The molecule has 0 spiro atoms. The third kappa shape index (κ3) is 3.87. The fraction of sp³-hybridized carbons (Fsp3) is 0.0625. The minimum atomic E-state index is 0.337. The molecule has 0 saturated carbocycles. The molecule has 122 valence electrons. The van der Waals surface area contributed by atoms with E-state index in [0.717, 1.165) is 11.3 Å². The van der Waals surface area contributed by atoms with Crippen LogP contribution in [0.4, 0.5) is 23.1 Å². The van der Waals surface area contributed by atoms with Crippen LogP contribution in [0.5, 0.6) is 0 Å². The van der Waals surface area contributed by atoms with Crippen LogP contribution in [0.2, 0.25) is 15.1 Å². The SMILES string of the molecule is Cc1ccc(Cl)cc1Nc1nncc(Nc2cccc(Cl)c2Cl)n1. The van der Waals surface area contributed by atoms with Gasteiger partial charge in [-0.05, 0) is 36.8 Å². The number of nitrogens with one attached hydrogen (secondary N) is 2. The summed E-state index contributed by atoms with van der Waals surface area (Å²) in [5.41, 5.74) is 2.45. The second-order valence-electron chi connectivity index (χ2n) is 4.98.